The summed E-state index contributed by atoms with van der Waals surface area (Å²) in [5.74, 6) is 0.861. The first-order valence-electron chi connectivity index (χ1n) is 5.34. The van der Waals surface area contributed by atoms with E-state index >= 15 is 0 Å². The lowest BCUT2D eigenvalue weighted by Crippen LogP contribution is -2.40. The molecule has 2 unspecified atom stereocenters. The molecule has 0 aliphatic heterocycles. The van der Waals surface area contributed by atoms with E-state index in [1.54, 1.807) is 6.26 Å². The molecule has 0 fully saturated rings. The van der Waals surface area contributed by atoms with E-state index in [0.717, 1.165) is 12.3 Å². The van der Waals surface area contributed by atoms with Crippen molar-refractivity contribution in [1.82, 2.24) is 4.90 Å². The Bertz CT molecular complexity index is 260. The Labute approximate surface area is 90.7 Å². The molecule has 2 atom stereocenters. The van der Waals surface area contributed by atoms with Gasteiger partial charge in [-0.15, -0.1) is 0 Å². The topological polar surface area (TPSA) is 62.6 Å². The van der Waals surface area contributed by atoms with Gasteiger partial charge in [-0.25, -0.2) is 0 Å². The molecule has 4 heteroatoms. The van der Waals surface area contributed by atoms with Crippen LogP contribution in [0.5, 0.6) is 0 Å². The van der Waals surface area contributed by atoms with E-state index in [1.807, 2.05) is 26.0 Å². The zero-order valence-electron chi connectivity index (χ0n) is 9.39. The van der Waals surface area contributed by atoms with Crippen LogP contribution in [-0.4, -0.2) is 35.7 Å². The zero-order chi connectivity index (χ0) is 11.3. The van der Waals surface area contributed by atoms with Gasteiger partial charge < -0.3 is 15.3 Å². The summed E-state index contributed by atoms with van der Waals surface area (Å²) in [6.45, 7) is 5.59. The van der Waals surface area contributed by atoms with E-state index in [9.17, 15) is 0 Å². The second-order valence-corrected chi connectivity index (χ2v) is 3.67. The first kappa shape index (κ1) is 12.2. The molecular weight excluding hydrogens is 192 g/mol. The van der Waals surface area contributed by atoms with E-state index in [0.29, 0.717) is 6.54 Å². The van der Waals surface area contributed by atoms with Gasteiger partial charge in [-0.1, -0.05) is 6.92 Å². The summed E-state index contributed by atoms with van der Waals surface area (Å²) in [5, 5.41) is 8.98. The zero-order valence-corrected chi connectivity index (χ0v) is 9.39. The van der Waals surface area contributed by atoms with E-state index in [4.69, 9.17) is 15.3 Å². The van der Waals surface area contributed by atoms with Crippen molar-refractivity contribution in [2.45, 2.75) is 25.9 Å². The molecule has 1 heterocycles. The maximum atomic E-state index is 8.98. The summed E-state index contributed by atoms with van der Waals surface area (Å²) >= 11 is 0. The van der Waals surface area contributed by atoms with Gasteiger partial charge in [0, 0.05) is 12.6 Å². The van der Waals surface area contributed by atoms with Crippen molar-refractivity contribution in [3.63, 3.8) is 0 Å². The van der Waals surface area contributed by atoms with E-state index < -0.39 is 0 Å². The Morgan fingerprint density at radius 2 is 2.33 bits per heavy atom. The van der Waals surface area contributed by atoms with Gasteiger partial charge in [-0.3, -0.25) is 4.90 Å². The molecule has 4 nitrogen and oxygen atoms in total. The molecule has 0 saturated heterocycles. The first-order valence-corrected chi connectivity index (χ1v) is 5.34. The number of hydrogen-bond acceptors (Lipinski definition) is 4. The van der Waals surface area contributed by atoms with Crippen LogP contribution < -0.4 is 5.73 Å². The minimum atomic E-state index is -0.0253. The number of aliphatic hydroxyl groups is 1. The largest absolute Gasteiger partial charge is 0.468 e. The maximum Gasteiger partial charge on any atom is 0.122 e. The van der Waals surface area contributed by atoms with Gasteiger partial charge in [0.25, 0.3) is 0 Å². The van der Waals surface area contributed by atoms with Crippen molar-refractivity contribution in [2.24, 2.45) is 5.73 Å². The Morgan fingerprint density at radius 3 is 2.73 bits per heavy atom. The van der Waals surface area contributed by atoms with Gasteiger partial charge in [-0.05, 0) is 25.6 Å². The first-order chi connectivity index (χ1) is 7.20. The van der Waals surface area contributed by atoms with Gasteiger partial charge in [0.05, 0.1) is 18.9 Å². The van der Waals surface area contributed by atoms with Crippen molar-refractivity contribution < 1.29 is 9.52 Å². The van der Waals surface area contributed by atoms with E-state index in [-0.39, 0.29) is 18.7 Å². The molecule has 0 aliphatic carbocycles. The number of likely N-dealkylation sites (N-methyl/N-ethyl adjacent to an activating group) is 1. The average Bonchev–Trinajstić information content (AvgIpc) is 2.69. The van der Waals surface area contributed by atoms with Crippen LogP contribution in [0.3, 0.4) is 0 Å². The van der Waals surface area contributed by atoms with Crippen LogP contribution in [0, 0.1) is 0 Å². The fourth-order valence-corrected chi connectivity index (χ4v) is 1.85. The number of furan rings is 1. The number of nitrogens with two attached hydrogens (primary N) is 1. The highest BCUT2D eigenvalue weighted by molar-refractivity contribution is 5.07. The van der Waals surface area contributed by atoms with E-state index in [1.165, 1.54) is 0 Å². The lowest BCUT2D eigenvalue weighted by molar-refractivity contribution is 0.129. The van der Waals surface area contributed by atoms with Gasteiger partial charge in [-0.2, -0.15) is 0 Å². The number of nitrogens with zero attached hydrogens (tertiary/aromatic N) is 1. The Morgan fingerprint density at radius 1 is 1.60 bits per heavy atom. The molecule has 0 aromatic carbocycles. The predicted octanol–water partition coefficient (Wildman–Crippen LogP) is 0.982. The second kappa shape index (κ2) is 5.90. The molecule has 0 radical (unpaired) electrons. The van der Waals surface area contributed by atoms with Crippen molar-refractivity contribution in [2.75, 3.05) is 19.7 Å². The fraction of sp³-hybridized carbons (Fsp3) is 0.636. The Kier molecular flexibility index (Phi) is 4.81. The molecule has 1 rings (SSSR count). The van der Waals surface area contributed by atoms with Crippen molar-refractivity contribution in [1.29, 1.82) is 0 Å². The molecule has 86 valence electrons. The molecular formula is C11H20N2O2. The summed E-state index contributed by atoms with van der Waals surface area (Å²) in [4.78, 5) is 2.11. The lowest BCUT2D eigenvalue weighted by Gasteiger charge is -2.31. The van der Waals surface area contributed by atoms with Gasteiger partial charge >= 0.3 is 0 Å². The summed E-state index contributed by atoms with van der Waals surface area (Å²) in [5.41, 5.74) is 5.95. The standard InChI is InChI=1S/C11H20N2O2/c1-3-13(6-7-14)11(9(2)12)10-5-4-8-15-10/h4-5,8-9,11,14H,3,6-7,12H2,1-2H3. The summed E-state index contributed by atoms with van der Waals surface area (Å²) in [6, 6.07) is 3.80. The number of aliphatic hydroxyl groups excluding tert-OH is 1. The average molecular weight is 212 g/mol. The molecule has 0 aliphatic rings. The monoisotopic (exact) mass is 212 g/mol. The molecule has 3 N–H and O–H groups in total. The minimum Gasteiger partial charge on any atom is -0.468 e. The smallest absolute Gasteiger partial charge is 0.122 e. The highest BCUT2D eigenvalue weighted by atomic mass is 16.3. The van der Waals surface area contributed by atoms with Crippen molar-refractivity contribution in [3.8, 4) is 0 Å². The minimum absolute atomic E-state index is 0.0253. The quantitative estimate of drug-likeness (QED) is 0.738. The van der Waals surface area contributed by atoms with Gasteiger partial charge in [0.15, 0.2) is 0 Å². The summed E-state index contributed by atoms with van der Waals surface area (Å²) in [6.07, 6.45) is 1.65. The van der Waals surface area contributed by atoms with Crippen LogP contribution in [0.25, 0.3) is 0 Å². The molecule has 1 aromatic heterocycles. The van der Waals surface area contributed by atoms with Crippen LogP contribution in [-0.2, 0) is 0 Å². The van der Waals surface area contributed by atoms with Crippen molar-refractivity contribution >= 4 is 0 Å². The third kappa shape index (κ3) is 3.06. The predicted molar refractivity (Wildman–Crippen MR) is 59.4 cm³/mol. The normalized spacial score (nSPS) is 15.5. The second-order valence-electron chi connectivity index (χ2n) is 3.67. The van der Waals surface area contributed by atoms with Crippen LogP contribution in [0.15, 0.2) is 22.8 Å². The fourth-order valence-electron chi connectivity index (χ4n) is 1.85. The van der Waals surface area contributed by atoms with Crippen LogP contribution >= 0.6 is 0 Å². The van der Waals surface area contributed by atoms with Crippen LogP contribution in [0.1, 0.15) is 25.6 Å². The summed E-state index contributed by atoms with van der Waals surface area (Å²) in [7, 11) is 0. The third-order valence-corrected chi connectivity index (χ3v) is 2.52. The third-order valence-electron chi connectivity index (χ3n) is 2.52. The number of rotatable bonds is 6. The SMILES string of the molecule is CCN(CCO)C(c1ccco1)C(C)N. The molecule has 0 amide bonds. The Hall–Kier alpha value is -0.840. The molecule has 15 heavy (non-hydrogen) atoms. The number of hydrogen-bond donors (Lipinski definition) is 2. The molecule has 0 bridgehead atoms. The van der Waals surface area contributed by atoms with Crippen LogP contribution in [0.2, 0.25) is 0 Å². The van der Waals surface area contributed by atoms with E-state index in [2.05, 4.69) is 4.90 Å². The summed E-state index contributed by atoms with van der Waals surface area (Å²) < 4.78 is 5.38. The molecule has 0 saturated carbocycles. The lowest BCUT2D eigenvalue weighted by atomic mass is 10.1. The highest BCUT2D eigenvalue weighted by Gasteiger charge is 2.24. The molecule has 1 aromatic rings. The highest BCUT2D eigenvalue weighted by Crippen LogP contribution is 2.23. The van der Waals surface area contributed by atoms with Crippen LogP contribution in [0.4, 0.5) is 0 Å². The Balaban J connectivity index is 2.81. The maximum absolute atomic E-state index is 8.98. The molecule has 0 spiro atoms. The van der Waals surface area contributed by atoms with Gasteiger partial charge in [0.1, 0.15) is 5.76 Å². The van der Waals surface area contributed by atoms with Crippen molar-refractivity contribution in [3.05, 3.63) is 24.2 Å². The van der Waals surface area contributed by atoms with Gasteiger partial charge in [0.2, 0.25) is 0 Å².